The number of ether oxygens (including phenoxy) is 1. The lowest BCUT2D eigenvalue weighted by Crippen LogP contribution is -2.30. The molecule has 45 heavy (non-hydrogen) atoms. The van der Waals surface area contributed by atoms with Crippen molar-refractivity contribution in [1.29, 1.82) is 0 Å². The van der Waals surface area contributed by atoms with Crippen LogP contribution in [0.5, 0.6) is 5.75 Å². The predicted octanol–water partition coefficient (Wildman–Crippen LogP) is 6.78. The number of amides is 3. The molecule has 0 fully saturated rings. The number of carbonyl (C=O) groups is 3. The number of para-hydroxylation sites is 1. The van der Waals surface area contributed by atoms with Crippen LogP contribution >= 0.6 is 11.8 Å². The van der Waals surface area contributed by atoms with Gasteiger partial charge in [0.25, 0.3) is 11.8 Å². The van der Waals surface area contributed by atoms with Gasteiger partial charge in [-0.3, -0.25) is 14.4 Å². The molecule has 0 aliphatic rings. The van der Waals surface area contributed by atoms with Crippen molar-refractivity contribution < 1.29 is 28.1 Å². The van der Waals surface area contributed by atoms with E-state index in [2.05, 4.69) is 21.1 Å². The molecule has 11 heteroatoms. The quantitative estimate of drug-likeness (QED) is 0.102. The van der Waals surface area contributed by atoms with Crippen LogP contribution in [0.2, 0.25) is 0 Å². The summed E-state index contributed by atoms with van der Waals surface area (Å²) in [4.78, 5) is 39.5. The topological polar surface area (TPSA) is 136 Å². The Morgan fingerprint density at radius 2 is 1.67 bits per heavy atom. The van der Waals surface area contributed by atoms with E-state index in [9.17, 15) is 14.4 Å². The van der Waals surface area contributed by atoms with Gasteiger partial charge in [0.2, 0.25) is 5.91 Å². The molecule has 0 aliphatic carbocycles. The summed E-state index contributed by atoms with van der Waals surface area (Å²) in [5, 5.41) is 12.0. The van der Waals surface area contributed by atoms with Crippen LogP contribution in [0.3, 0.4) is 0 Å². The summed E-state index contributed by atoms with van der Waals surface area (Å²) in [6.45, 7) is 1.75. The molecule has 0 saturated carbocycles. The second kappa shape index (κ2) is 14.8. The van der Waals surface area contributed by atoms with Gasteiger partial charge in [-0.15, -0.1) is 11.8 Å². The number of methoxy groups -OCH3 is 1. The normalized spacial score (nSPS) is 11.1. The minimum Gasteiger partial charge on any atom is -0.496 e. The molecule has 0 aliphatic heterocycles. The second-order valence-electron chi connectivity index (χ2n) is 9.73. The molecule has 3 amide bonds. The van der Waals surface area contributed by atoms with Crippen molar-refractivity contribution >= 4 is 47.1 Å². The number of aromatic nitrogens is 1. The van der Waals surface area contributed by atoms with Crippen molar-refractivity contribution in [3.05, 3.63) is 120 Å². The maximum atomic E-state index is 13.4. The van der Waals surface area contributed by atoms with Crippen LogP contribution in [0.15, 0.2) is 117 Å². The highest BCUT2D eigenvalue weighted by atomic mass is 32.2. The minimum atomic E-state index is -0.533. The van der Waals surface area contributed by atoms with Gasteiger partial charge < -0.3 is 29.6 Å². The smallest absolute Gasteiger partial charge is 0.272 e. The first kappa shape index (κ1) is 30.9. The standard InChI is InChI=1S/C34H30N4O6S/c1-22-20-31(38-44-22)37-32(39)18-19-45-26-15-12-24(13-16-26)35-34(41)28(36-33(40)23-8-4-3-5-9-23)21-25-14-17-30(43-25)27-10-6-7-11-29(27)42-2/h3-17,20-21H,18-19H2,1-2H3,(H,35,41)(H,36,40)(H,37,38,39)/b28-21-. The van der Waals surface area contributed by atoms with Crippen LogP contribution in [0.25, 0.3) is 17.4 Å². The van der Waals surface area contributed by atoms with Crippen molar-refractivity contribution in [1.82, 2.24) is 10.5 Å². The summed E-state index contributed by atoms with van der Waals surface area (Å²) in [5.41, 5.74) is 1.67. The summed E-state index contributed by atoms with van der Waals surface area (Å²) < 4.78 is 16.4. The Morgan fingerprint density at radius 1 is 0.911 bits per heavy atom. The molecule has 228 valence electrons. The van der Waals surface area contributed by atoms with E-state index >= 15 is 0 Å². The van der Waals surface area contributed by atoms with Crippen LogP contribution < -0.4 is 20.7 Å². The number of nitrogens with zero attached hydrogens (tertiary/aromatic N) is 1. The summed E-state index contributed by atoms with van der Waals surface area (Å²) in [6.07, 6.45) is 1.76. The highest BCUT2D eigenvalue weighted by Crippen LogP contribution is 2.31. The molecule has 0 radical (unpaired) electrons. The summed E-state index contributed by atoms with van der Waals surface area (Å²) in [6, 6.07) is 28.4. The van der Waals surface area contributed by atoms with Crippen molar-refractivity contribution in [3.63, 3.8) is 0 Å². The lowest BCUT2D eigenvalue weighted by atomic mass is 10.1. The van der Waals surface area contributed by atoms with Crippen molar-refractivity contribution in [2.24, 2.45) is 0 Å². The largest absolute Gasteiger partial charge is 0.496 e. The molecule has 0 bridgehead atoms. The highest BCUT2D eigenvalue weighted by molar-refractivity contribution is 7.99. The minimum absolute atomic E-state index is 0.00319. The summed E-state index contributed by atoms with van der Waals surface area (Å²) >= 11 is 1.50. The Balaban J connectivity index is 1.25. The third kappa shape index (κ3) is 8.52. The number of hydrogen-bond donors (Lipinski definition) is 3. The molecule has 10 nitrogen and oxygen atoms in total. The monoisotopic (exact) mass is 622 g/mol. The van der Waals surface area contributed by atoms with E-state index < -0.39 is 11.8 Å². The molecule has 0 saturated heterocycles. The predicted molar refractivity (Wildman–Crippen MR) is 173 cm³/mol. The maximum Gasteiger partial charge on any atom is 0.272 e. The number of furan rings is 1. The SMILES string of the molecule is COc1ccccc1-c1ccc(/C=C(\NC(=O)c2ccccc2)C(=O)Nc2ccc(SCCC(=O)Nc3cc(C)on3)cc2)o1. The number of benzene rings is 3. The average Bonchev–Trinajstić information content (AvgIpc) is 3.70. The van der Waals surface area contributed by atoms with Crippen LogP contribution in [-0.2, 0) is 9.59 Å². The third-order valence-electron chi connectivity index (χ3n) is 6.42. The number of aryl methyl sites for hydroxylation is 1. The molecule has 0 atom stereocenters. The molecule has 3 aromatic carbocycles. The number of nitrogens with one attached hydrogen (secondary N) is 3. The summed E-state index contributed by atoms with van der Waals surface area (Å²) in [5.74, 6) is 1.97. The number of rotatable bonds is 12. The van der Waals surface area contributed by atoms with E-state index in [-0.39, 0.29) is 18.0 Å². The van der Waals surface area contributed by atoms with Gasteiger partial charge >= 0.3 is 0 Å². The second-order valence-corrected chi connectivity index (χ2v) is 10.9. The molecule has 3 N–H and O–H groups in total. The molecule has 5 aromatic rings. The molecular weight excluding hydrogens is 592 g/mol. The molecular formula is C34H30N4O6S. The van der Waals surface area contributed by atoms with Gasteiger partial charge in [-0.2, -0.15) is 0 Å². The van der Waals surface area contributed by atoms with Crippen LogP contribution in [0.4, 0.5) is 11.5 Å². The fourth-order valence-electron chi connectivity index (χ4n) is 4.23. The zero-order valence-electron chi connectivity index (χ0n) is 24.5. The Bertz CT molecular complexity index is 1810. The summed E-state index contributed by atoms with van der Waals surface area (Å²) in [7, 11) is 1.58. The van der Waals surface area contributed by atoms with Gasteiger partial charge in [-0.05, 0) is 67.6 Å². The number of carbonyl (C=O) groups excluding carboxylic acids is 3. The van der Waals surface area contributed by atoms with E-state index in [1.54, 1.807) is 74.7 Å². The Labute approximate surface area is 263 Å². The third-order valence-corrected chi connectivity index (χ3v) is 7.43. The molecule has 5 rings (SSSR count). The Morgan fingerprint density at radius 3 is 2.40 bits per heavy atom. The first-order valence-corrected chi connectivity index (χ1v) is 15.0. The molecule has 2 aromatic heterocycles. The van der Waals surface area contributed by atoms with Gasteiger partial charge in [0.15, 0.2) is 5.82 Å². The first-order valence-electron chi connectivity index (χ1n) is 14.0. The zero-order valence-corrected chi connectivity index (χ0v) is 25.4. The van der Waals surface area contributed by atoms with Crippen LogP contribution in [0, 0.1) is 6.92 Å². The van der Waals surface area contributed by atoms with E-state index in [1.165, 1.54) is 17.8 Å². The zero-order chi connectivity index (χ0) is 31.6. The van der Waals surface area contributed by atoms with Crippen LogP contribution in [0.1, 0.15) is 28.3 Å². The Kier molecular flexibility index (Phi) is 10.1. The Hall–Kier alpha value is -5.55. The molecule has 2 heterocycles. The number of hydrogen-bond acceptors (Lipinski definition) is 8. The lowest BCUT2D eigenvalue weighted by molar-refractivity contribution is -0.116. The van der Waals surface area contributed by atoms with Crippen molar-refractivity contribution in [2.45, 2.75) is 18.2 Å². The van der Waals surface area contributed by atoms with Crippen LogP contribution in [-0.4, -0.2) is 35.7 Å². The van der Waals surface area contributed by atoms with Gasteiger partial charge in [-0.1, -0.05) is 35.5 Å². The average molecular weight is 623 g/mol. The highest BCUT2D eigenvalue weighted by Gasteiger charge is 2.17. The van der Waals surface area contributed by atoms with E-state index in [0.717, 1.165) is 10.5 Å². The fraction of sp³-hybridized carbons (Fsp3) is 0.118. The van der Waals surface area contributed by atoms with E-state index in [4.69, 9.17) is 13.7 Å². The molecule has 0 unspecified atom stereocenters. The van der Waals surface area contributed by atoms with Crippen molar-refractivity contribution in [2.75, 3.05) is 23.5 Å². The number of anilines is 2. The maximum absolute atomic E-state index is 13.4. The van der Waals surface area contributed by atoms with Crippen molar-refractivity contribution in [3.8, 4) is 17.1 Å². The molecule has 0 spiro atoms. The van der Waals surface area contributed by atoms with E-state index in [0.29, 0.717) is 45.9 Å². The first-order chi connectivity index (χ1) is 21.9. The lowest BCUT2D eigenvalue weighted by Gasteiger charge is -2.11. The van der Waals surface area contributed by atoms with Gasteiger partial charge in [0.1, 0.15) is 28.7 Å². The van der Waals surface area contributed by atoms with Gasteiger partial charge in [-0.25, -0.2) is 0 Å². The fourth-order valence-corrected chi connectivity index (χ4v) is 5.08. The van der Waals surface area contributed by atoms with E-state index in [1.807, 2.05) is 36.4 Å². The van der Waals surface area contributed by atoms with Gasteiger partial charge in [0.05, 0.1) is 12.7 Å². The van der Waals surface area contributed by atoms with Gasteiger partial charge in [0, 0.05) is 40.5 Å². The number of thioether (sulfide) groups is 1.